The molecule has 1 aromatic carbocycles. The van der Waals surface area contributed by atoms with Gasteiger partial charge < -0.3 is 15.0 Å². The average Bonchev–Trinajstić information content (AvgIpc) is 2.84. The SMILES string of the molecule is Cc1ccc(NC(=O)[C@H](C)OC(=O)CCCN2C(=O)CN(C)C2=O)cc1F. The second kappa shape index (κ2) is 8.61. The molecule has 2 rings (SSSR count). The number of halogens is 1. The van der Waals surface area contributed by atoms with Crippen LogP contribution in [0.2, 0.25) is 0 Å². The number of imide groups is 1. The van der Waals surface area contributed by atoms with E-state index in [4.69, 9.17) is 4.74 Å². The molecule has 1 aromatic rings. The number of anilines is 1. The van der Waals surface area contributed by atoms with E-state index in [1.165, 1.54) is 31.0 Å². The molecule has 0 spiro atoms. The first-order valence-corrected chi connectivity index (χ1v) is 8.51. The number of urea groups is 1. The predicted octanol–water partition coefficient (Wildman–Crippen LogP) is 1.68. The van der Waals surface area contributed by atoms with Crippen molar-refractivity contribution >= 4 is 29.5 Å². The Hall–Kier alpha value is -2.97. The lowest BCUT2D eigenvalue weighted by Crippen LogP contribution is -2.33. The third-order valence-corrected chi connectivity index (χ3v) is 4.11. The Morgan fingerprint density at radius 1 is 1.33 bits per heavy atom. The largest absolute Gasteiger partial charge is 0.453 e. The second-order valence-electron chi connectivity index (χ2n) is 6.37. The number of aryl methyl sites for hydroxylation is 1. The average molecular weight is 379 g/mol. The first kappa shape index (κ1) is 20.3. The molecule has 1 heterocycles. The Bertz CT molecular complexity index is 767. The van der Waals surface area contributed by atoms with E-state index in [1.54, 1.807) is 13.0 Å². The van der Waals surface area contributed by atoms with Crippen LogP contribution in [0.1, 0.15) is 25.3 Å². The van der Waals surface area contributed by atoms with E-state index in [9.17, 15) is 23.6 Å². The number of rotatable bonds is 7. The Kier molecular flexibility index (Phi) is 6.49. The van der Waals surface area contributed by atoms with E-state index in [0.717, 1.165) is 4.90 Å². The Morgan fingerprint density at radius 3 is 2.63 bits per heavy atom. The zero-order valence-electron chi connectivity index (χ0n) is 15.5. The molecule has 9 heteroatoms. The fourth-order valence-electron chi connectivity index (χ4n) is 2.49. The minimum absolute atomic E-state index is 0.0279. The molecule has 8 nitrogen and oxygen atoms in total. The summed E-state index contributed by atoms with van der Waals surface area (Å²) in [6.07, 6.45) is -0.873. The molecule has 0 bridgehead atoms. The highest BCUT2D eigenvalue weighted by molar-refractivity contribution is 6.01. The molecule has 0 aliphatic carbocycles. The van der Waals surface area contributed by atoms with Crippen LogP contribution in [0.5, 0.6) is 0 Å². The highest BCUT2D eigenvalue weighted by Crippen LogP contribution is 2.14. The van der Waals surface area contributed by atoms with Gasteiger partial charge in [0.15, 0.2) is 6.10 Å². The summed E-state index contributed by atoms with van der Waals surface area (Å²) in [6, 6.07) is 3.86. The lowest BCUT2D eigenvalue weighted by atomic mass is 10.2. The first-order chi connectivity index (χ1) is 12.7. The van der Waals surface area contributed by atoms with Crippen molar-refractivity contribution in [2.24, 2.45) is 0 Å². The topological polar surface area (TPSA) is 96.0 Å². The van der Waals surface area contributed by atoms with Crippen LogP contribution >= 0.6 is 0 Å². The molecule has 1 aliphatic rings. The van der Waals surface area contributed by atoms with Crippen molar-refractivity contribution in [2.75, 3.05) is 25.5 Å². The number of benzene rings is 1. The Labute approximate surface area is 156 Å². The molecule has 1 fully saturated rings. The number of likely N-dealkylation sites (N-methyl/N-ethyl adjacent to an activating group) is 1. The summed E-state index contributed by atoms with van der Waals surface area (Å²) < 4.78 is 18.5. The van der Waals surface area contributed by atoms with Crippen LogP contribution in [-0.4, -0.2) is 59.9 Å². The van der Waals surface area contributed by atoms with E-state index < -0.39 is 29.8 Å². The van der Waals surface area contributed by atoms with Gasteiger partial charge in [-0.3, -0.25) is 19.3 Å². The molecular formula is C18H22FN3O5. The fraction of sp³-hybridized carbons (Fsp3) is 0.444. The summed E-state index contributed by atoms with van der Waals surface area (Å²) in [7, 11) is 1.52. The molecule has 27 heavy (non-hydrogen) atoms. The van der Waals surface area contributed by atoms with Crippen LogP contribution in [0.25, 0.3) is 0 Å². The number of ether oxygens (including phenoxy) is 1. The maximum absolute atomic E-state index is 13.5. The summed E-state index contributed by atoms with van der Waals surface area (Å²) in [6.45, 7) is 3.15. The number of carbonyl (C=O) groups excluding carboxylic acids is 4. The van der Waals surface area contributed by atoms with Gasteiger partial charge in [0.25, 0.3) is 5.91 Å². The van der Waals surface area contributed by atoms with E-state index in [2.05, 4.69) is 5.32 Å². The highest BCUT2D eigenvalue weighted by atomic mass is 19.1. The monoisotopic (exact) mass is 379 g/mol. The molecule has 4 amide bonds. The number of hydrogen-bond donors (Lipinski definition) is 1. The van der Waals surface area contributed by atoms with Gasteiger partial charge in [-0.1, -0.05) is 6.07 Å². The van der Waals surface area contributed by atoms with Crippen LogP contribution in [-0.2, 0) is 19.1 Å². The van der Waals surface area contributed by atoms with Crippen LogP contribution in [0, 0.1) is 12.7 Å². The highest BCUT2D eigenvalue weighted by Gasteiger charge is 2.33. The molecule has 0 saturated carbocycles. The second-order valence-corrected chi connectivity index (χ2v) is 6.37. The molecule has 0 aromatic heterocycles. The van der Waals surface area contributed by atoms with Gasteiger partial charge in [-0.15, -0.1) is 0 Å². The number of esters is 1. The van der Waals surface area contributed by atoms with Crippen LogP contribution < -0.4 is 5.32 Å². The maximum Gasteiger partial charge on any atom is 0.326 e. The van der Waals surface area contributed by atoms with Crippen molar-refractivity contribution in [2.45, 2.75) is 32.8 Å². The van der Waals surface area contributed by atoms with Gasteiger partial charge >= 0.3 is 12.0 Å². The summed E-state index contributed by atoms with van der Waals surface area (Å²) in [5.41, 5.74) is 0.717. The lowest BCUT2D eigenvalue weighted by Gasteiger charge is -2.15. The van der Waals surface area contributed by atoms with E-state index >= 15 is 0 Å². The minimum Gasteiger partial charge on any atom is -0.453 e. The number of hydrogen-bond acceptors (Lipinski definition) is 5. The van der Waals surface area contributed by atoms with Gasteiger partial charge in [0.2, 0.25) is 5.91 Å². The number of carbonyl (C=O) groups is 4. The van der Waals surface area contributed by atoms with Crippen LogP contribution in [0.3, 0.4) is 0 Å². The van der Waals surface area contributed by atoms with Crippen molar-refractivity contribution in [3.63, 3.8) is 0 Å². The van der Waals surface area contributed by atoms with Gasteiger partial charge in [-0.05, 0) is 38.0 Å². The van der Waals surface area contributed by atoms with Gasteiger partial charge in [-0.2, -0.15) is 0 Å². The number of amides is 4. The Morgan fingerprint density at radius 2 is 2.04 bits per heavy atom. The van der Waals surface area contributed by atoms with Crippen molar-refractivity contribution in [1.29, 1.82) is 0 Å². The van der Waals surface area contributed by atoms with Crippen LogP contribution in [0.15, 0.2) is 18.2 Å². The predicted molar refractivity (Wildman–Crippen MR) is 94.3 cm³/mol. The normalized spacial score (nSPS) is 15.1. The third kappa shape index (κ3) is 5.25. The zero-order valence-corrected chi connectivity index (χ0v) is 15.5. The standard InChI is InChI=1S/C18H22FN3O5/c1-11-6-7-13(9-14(11)19)20-17(25)12(2)27-16(24)5-4-8-22-15(23)10-21(3)18(22)26/h6-7,9,12H,4-5,8,10H2,1-3H3,(H,20,25)/t12-/m0/s1. The summed E-state index contributed by atoms with van der Waals surface area (Å²) >= 11 is 0. The minimum atomic E-state index is -1.07. The third-order valence-electron chi connectivity index (χ3n) is 4.11. The molecule has 1 aliphatic heterocycles. The van der Waals surface area contributed by atoms with E-state index in [0.29, 0.717) is 5.56 Å². The summed E-state index contributed by atoms with van der Waals surface area (Å²) in [5, 5.41) is 2.47. The summed E-state index contributed by atoms with van der Waals surface area (Å²) in [5.74, 6) is -1.97. The molecular weight excluding hydrogens is 357 g/mol. The van der Waals surface area contributed by atoms with E-state index in [1.807, 2.05) is 0 Å². The van der Waals surface area contributed by atoms with Crippen molar-refractivity contribution < 1.29 is 28.3 Å². The van der Waals surface area contributed by atoms with Crippen molar-refractivity contribution in [3.05, 3.63) is 29.6 Å². The quantitative estimate of drug-likeness (QED) is 0.574. The van der Waals surface area contributed by atoms with Crippen LogP contribution in [0.4, 0.5) is 14.9 Å². The zero-order chi connectivity index (χ0) is 20.1. The lowest BCUT2D eigenvalue weighted by molar-refractivity contribution is -0.153. The summed E-state index contributed by atoms with van der Waals surface area (Å²) in [4.78, 5) is 49.6. The van der Waals surface area contributed by atoms with Gasteiger partial charge in [0, 0.05) is 25.7 Å². The Balaban J connectivity index is 1.76. The van der Waals surface area contributed by atoms with Gasteiger partial charge in [-0.25, -0.2) is 9.18 Å². The van der Waals surface area contributed by atoms with E-state index in [-0.39, 0.29) is 37.5 Å². The van der Waals surface area contributed by atoms with Gasteiger partial charge in [0.1, 0.15) is 12.4 Å². The molecule has 0 unspecified atom stereocenters. The molecule has 146 valence electrons. The fourth-order valence-corrected chi connectivity index (χ4v) is 2.49. The van der Waals surface area contributed by atoms with Crippen molar-refractivity contribution in [1.82, 2.24) is 9.80 Å². The maximum atomic E-state index is 13.5. The van der Waals surface area contributed by atoms with Gasteiger partial charge in [0.05, 0.1) is 0 Å². The molecule has 1 N–H and O–H groups in total. The van der Waals surface area contributed by atoms with Crippen molar-refractivity contribution in [3.8, 4) is 0 Å². The molecule has 0 radical (unpaired) electrons. The smallest absolute Gasteiger partial charge is 0.326 e. The number of nitrogens with zero attached hydrogens (tertiary/aromatic N) is 2. The molecule has 1 atom stereocenters. The first-order valence-electron chi connectivity index (χ1n) is 8.51. The molecule has 1 saturated heterocycles. The number of nitrogens with one attached hydrogen (secondary N) is 1.